The Morgan fingerprint density at radius 2 is 2.08 bits per heavy atom. The molecule has 0 saturated carbocycles. The predicted molar refractivity (Wildman–Crippen MR) is 93.5 cm³/mol. The highest BCUT2D eigenvalue weighted by Gasteiger charge is 2.36. The highest BCUT2D eigenvalue weighted by molar-refractivity contribution is 5.91. The van der Waals surface area contributed by atoms with E-state index in [2.05, 4.69) is 4.98 Å². The van der Waals surface area contributed by atoms with Gasteiger partial charge in [0.1, 0.15) is 5.60 Å². The molecule has 2 heterocycles. The van der Waals surface area contributed by atoms with E-state index in [9.17, 15) is 14.4 Å². The van der Waals surface area contributed by atoms with Gasteiger partial charge in [-0.3, -0.25) is 14.7 Å². The molecule has 1 aliphatic rings. The smallest absolute Gasteiger partial charge is 0.410 e. The van der Waals surface area contributed by atoms with Gasteiger partial charge < -0.3 is 14.4 Å². The lowest BCUT2D eigenvalue weighted by Crippen LogP contribution is -2.51. The van der Waals surface area contributed by atoms with Crippen LogP contribution in [0.5, 0.6) is 0 Å². The monoisotopic (exact) mass is 363 g/mol. The van der Waals surface area contributed by atoms with Crippen molar-refractivity contribution in [3.8, 4) is 0 Å². The molecule has 0 aliphatic carbocycles. The Hall–Kier alpha value is -2.64. The maximum atomic E-state index is 12.7. The van der Waals surface area contributed by atoms with E-state index in [1.165, 1.54) is 4.90 Å². The van der Waals surface area contributed by atoms with E-state index in [1.807, 2.05) is 0 Å². The average molecular weight is 363 g/mol. The second-order valence-corrected chi connectivity index (χ2v) is 6.95. The van der Waals surface area contributed by atoms with Crippen LogP contribution in [0.4, 0.5) is 4.79 Å². The summed E-state index contributed by atoms with van der Waals surface area (Å²) in [5, 5.41) is 0. The van der Waals surface area contributed by atoms with Gasteiger partial charge in [-0.05, 0) is 39.8 Å². The second-order valence-electron chi connectivity index (χ2n) is 6.95. The van der Waals surface area contributed by atoms with E-state index in [-0.39, 0.29) is 25.3 Å². The Bertz CT molecular complexity index is 671. The first-order valence-electron chi connectivity index (χ1n) is 8.57. The lowest BCUT2D eigenvalue weighted by Gasteiger charge is -2.40. The van der Waals surface area contributed by atoms with Crippen molar-refractivity contribution in [3.05, 3.63) is 29.6 Å². The lowest BCUT2D eigenvalue weighted by molar-refractivity contribution is -0.121. The summed E-state index contributed by atoms with van der Waals surface area (Å²) in [7, 11) is 0. The van der Waals surface area contributed by atoms with Gasteiger partial charge in [-0.25, -0.2) is 9.59 Å². The van der Waals surface area contributed by atoms with Crippen LogP contribution in [-0.2, 0) is 14.3 Å². The molecule has 26 heavy (non-hydrogen) atoms. The molecule has 0 aromatic carbocycles. The third-order valence-electron chi connectivity index (χ3n) is 3.84. The van der Waals surface area contributed by atoms with Gasteiger partial charge in [0.05, 0.1) is 23.9 Å². The molecular weight excluding hydrogens is 338 g/mol. The molecule has 1 aliphatic heterocycles. The number of esters is 1. The van der Waals surface area contributed by atoms with E-state index >= 15 is 0 Å². The molecule has 0 radical (unpaired) electrons. The van der Waals surface area contributed by atoms with Crippen LogP contribution in [0.25, 0.3) is 0 Å². The lowest BCUT2D eigenvalue weighted by atomic mass is 10.0. The van der Waals surface area contributed by atoms with Crippen molar-refractivity contribution < 1.29 is 23.9 Å². The number of carbonyl (C=O) groups excluding carboxylic acids is 3. The molecule has 2 amide bonds. The molecule has 1 saturated heterocycles. The van der Waals surface area contributed by atoms with Gasteiger partial charge in [0.25, 0.3) is 0 Å². The first kappa shape index (κ1) is 19.7. The van der Waals surface area contributed by atoms with Crippen LogP contribution >= 0.6 is 0 Å². The highest BCUT2D eigenvalue weighted by atomic mass is 16.6. The Morgan fingerprint density at radius 3 is 2.69 bits per heavy atom. The normalized spacial score (nSPS) is 17.6. The van der Waals surface area contributed by atoms with Crippen molar-refractivity contribution in [2.45, 2.75) is 39.3 Å². The standard InChI is InChI=1S/C18H25N3O5/c1-5-25-16(23)13-7-6-8-19-15(13)14-11-20(12-22)9-10-21(14)17(24)26-18(2,3)4/h6-8,12,14H,5,9-11H2,1-4H3. The van der Waals surface area contributed by atoms with E-state index in [0.29, 0.717) is 12.2 Å². The van der Waals surface area contributed by atoms with Crippen LogP contribution in [0.15, 0.2) is 18.3 Å². The fourth-order valence-corrected chi connectivity index (χ4v) is 2.74. The molecule has 8 nitrogen and oxygen atoms in total. The summed E-state index contributed by atoms with van der Waals surface area (Å²) in [5.41, 5.74) is 0.0151. The van der Waals surface area contributed by atoms with Gasteiger partial charge in [0, 0.05) is 25.8 Å². The van der Waals surface area contributed by atoms with Crippen molar-refractivity contribution in [3.63, 3.8) is 0 Å². The van der Waals surface area contributed by atoms with Crippen molar-refractivity contribution in [2.24, 2.45) is 0 Å². The SMILES string of the molecule is CCOC(=O)c1cccnc1C1CN(C=O)CCN1C(=O)OC(C)(C)C. The summed E-state index contributed by atoms with van der Waals surface area (Å²) < 4.78 is 10.6. The van der Waals surface area contributed by atoms with Crippen molar-refractivity contribution in [1.29, 1.82) is 0 Å². The summed E-state index contributed by atoms with van der Waals surface area (Å²) in [6.07, 6.45) is 1.77. The van der Waals surface area contributed by atoms with Crippen LogP contribution in [-0.4, -0.2) is 65.1 Å². The first-order valence-corrected chi connectivity index (χ1v) is 8.57. The molecule has 1 aromatic rings. The van der Waals surface area contributed by atoms with Gasteiger partial charge in [-0.1, -0.05) is 0 Å². The minimum atomic E-state index is -0.655. The first-order chi connectivity index (χ1) is 12.3. The highest BCUT2D eigenvalue weighted by Crippen LogP contribution is 2.28. The minimum absolute atomic E-state index is 0.228. The molecule has 0 bridgehead atoms. The van der Waals surface area contributed by atoms with Crippen molar-refractivity contribution >= 4 is 18.5 Å². The molecule has 8 heteroatoms. The molecule has 1 unspecified atom stereocenters. The number of rotatable bonds is 4. The number of ether oxygens (including phenoxy) is 2. The summed E-state index contributed by atoms with van der Waals surface area (Å²) >= 11 is 0. The topological polar surface area (TPSA) is 89.0 Å². The van der Waals surface area contributed by atoms with Gasteiger partial charge >= 0.3 is 12.1 Å². The number of carbonyl (C=O) groups is 3. The van der Waals surface area contributed by atoms with Gasteiger partial charge in [-0.2, -0.15) is 0 Å². The molecule has 1 fully saturated rings. The Morgan fingerprint density at radius 1 is 1.35 bits per heavy atom. The number of hydrogen-bond acceptors (Lipinski definition) is 6. The Kier molecular flexibility index (Phi) is 6.18. The van der Waals surface area contributed by atoms with Crippen LogP contribution in [0.2, 0.25) is 0 Å². The predicted octanol–water partition coefficient (Wildman–Crippen LogP) is 2.01. The molecule has 1 atom stereocenters. The van der Waals surface area contributed by atoms with Crippen molar-refractivity contribution in [2.75, 3.05) is 26.2 Å². The van der Waals surface area contributed by atoms with Gasteiger partial charge in [0.2, 0.25) is 6.41 Å². The second kappa shape index (κ2) is 8.16. The zero-order valence-corrected chi connectivity index (χ0v) is 15.6. The fourth-order valence-electron chi connectivity index (χ4n) is 2.74. The van der Waals surface area contributed by atoms with E-state index in [1.54, 1.807) is 50.9 Å². The maximum Gasteiger partial charge on any atom is 0.410 e. The maximum absolute atomic E-state index is 12.7. The number of pyridine rings is 1. The number of nitrogens with zero attached hydrogens (tertiary/aromatic N) is 3. The Balaban J connectivity index is 2.39. The number of piperazine rings is 1. The largest absolute Gasteiger partial charge is 0.462 e. The Labute approximate surface area is 153 Å². The van der Waals surface area contributed by atoms with Gasteiger partial charge in [-0.15, -0.1) is 0 Å². The summed E-state index contributed by atoms with van der Waals surface area (Å²) in [6.45, 7) is 8.21. The quantitative estimate of drug-likeness (QED) is 0.600. The molecule has 0 spiro atoms. The van der Waals surface area contributed by atoms with Crippen LogP contribution in [0.3, 0.4) is 0 Å². The van der Waals surface area contributed by atoms with Gasteiger partial charge in [0.15, 0.2) is 0 Å². The average Bonchev–Trinajstić information content (AvgIpc) is 2.60. The summed E-state index contributed by atoms with van der Waals surface area (Å²) in [6, 6.07) is 2.64. The molecule has 2 rings (SSSR count). The van der Waals surface area contributed by atoms with Crippen LogP contribution in [0.1, 0.15) is 49.8 Å². The zero-order chi connectivity index (χ0) is 19.3. The molecule has 1 aromatic heterocycles. The number of hydrogen-bond donors (Lipinski definition) is 0. The third-order valence-corrected chi connectivity index (χ3v) is 3.84. The van der Waals surface area contributed by atoms with Crippen molar-refractivity contribution in [1.82, 2.24) is 14.8 Å². The van der Waals surface area contributed by atoms with E-state index < -0.39 is 23.7 Å². The molecular formula is C18H25N3O5. The van der Waals surface area contributed by atoms with E-state index in [0.717, 1.165) is 6.41 Å². The zero-order valence-electron chi connectivity index (χ0n) is 15.6. The molecule has 0 N–H and O–H groups in total. The minimum Gasteiger partial charge on any atom is -0.462 e. The number of aromatic nitrogens is 1. The third kappa shape index (κ3) is 4.71. The van der Waals surface area contributed by atoms with Crippen LogP contribution in [0, 0.1) is 0 Å². The molecule has 142 valence electrons. The fraction of sp³-hybridized carbons (Fsp3) is 0.556. The van der Waals surface area contributed by atoms with E-state index in [4.69, 9.17) is 9.47 Å². The van der Waals surface area contributed by atoms with Crippen LogP contribution < -0.4 is 0 Å². The number of amides is 2. The summed E-state index contributed by atoms with van der Waals surface area (Å²) in [4.78, 5) is 43.6. The summed E-state index contributed by atoms with van der Waals surface area (Å²) in [5.74, 6) is -0.511.